The predicted octanol–water partition coefficient (Wildman–Crippen LogP) is 2.60. The van der Waals surface area contributed by atoms with Gasteiger partial charge in [-0.15, -0.1) is 0 Å². The van der Waals surface area contributed by atoms with E-state index in [0.29, 0.717) is 12.0 Å². The zero-order valence-electron chi connectivity index (χ0n) is 10.4. The molecule has 0 spiro atoms. The second-order valence-electron chi connectivity index (χ2n) is 4.12. The number of aryl methyl sites for hydroxylation is 1. The highest BCUT2D eigenvalue weighted by molar-refractivity contribution is 9.10. The number of carbonyl (C=O) groups is 2. The van der Waals surface area contributed by atoms with E-state index in [1.807, 2.05) is 13.0 Å². The van der Waals surface area contributed by atoms with Gasteiger partial charge >= 0.3 is 5.97 Å². The van der Waals surface area contributed by atoms with Crippen LogP contribution in [0.1, 0.15) is 29.3 Å². The first-order valence-corrected chi connectivity index (χ1v) is 6.52. The highest BCUT2D eigenvalue weighted by atomic mass is 79.9. The molecule has 0 aliphatic heterocycles. The van der Waals surface area contributed by atoms with Gasteiger partial charge in [0.05, 0.1) is 5.92 Å². The van der Waals surface area contributed by atoms with Crippen molar-refractivity contribution in [2.75, 3.05) is 6.54 Å². The molecule has 1 amide bonds. The van der Waals surface area contributed by atoms with E-state index in [9.17, 15) is 9.59 Å². The van der Waals surface area contributed by atoms with E-state index in [1.54, 1.807) is 19.1 Å². The van der Waals surface area contributed by atoms with Crippen molar-refractivity contribution < 1.29 is 14.7 Å². The lowest BCUT2D eigenvalue weighted by Gasteiger charge is -2.11. The number of nitrogens with one attached hydrogen (secondary N) is 1. The maximum atomic E-state index is 11.8. The molecular weight excluding hydrogens is 298 g/mol. The van der Waals surface area contributed by atoms with Crippen LogP contribution in [-0.4, -0.2) is 23.5 Å². The third-order valence-corrected chi connectivity index (χ3v) is 3.64. The summed E-state index contributed by atoms with van der Waals surface area (Å²) in [6.07, 6.45) is 0.493. The largest absolute Gasteiger partial charge is 0.481 e. The molecule has 98 valence electrons. The number of rotatable bonds is 5. The minimum atomic E-state index is -0.886. The summed E-state index contributed by atoms with van der Waals surface area (Å²) in [5, 5.41) is 11.5. The van der Waals surface area contributed by atoms with Gasteiger partial charge < -0.3 is 10.4 Å². The Kier molecular flexibility index (Phi) is 5.34. The van der Waals surface area contributed by atoms with Gasteiger partial charge in [0.15, 0.2) is 0 Å². The van der Waals surface area contributed by atoms with Crippen LogP contribution in [0.25, 0.3) is 0 Å². The fraction of sp³-hybridized carbons (Fsp3) is 0.385. The van der Waals surface area contributed by atoms with Crippen molar-refractivity contribution in [3.63, 3.8) is 0 Å². The molecule has 0 aliphatic carbocycles. The normalized spacial score (nSPS) is 11.9. The molecule has 1 aromatic carbocycles. The third kappa shape index (κ3) is 3.84. The molecule has 5 heteroatoms. The molecule has 0 saturated carbocycles. The molecule has 0 radical (unpaired) electrons. The summed E-state index contributed by atoms with van der Waals surface area (Å²) in [7, 11) is 0. The summed E-state index contributed by atoms with van der Waals surface area (Å²) in [5.74, 6) is -1.68. The fourth-order valence-corrected chi connectivity index (χ4v) is 1.84. The van der Waals surface area contributed by atoms with E-state index in [-0.39, 0.29) is 12.5 Å². The van der Waals surface area contributed by atoms with E-state index < -0.39 is 11.9 Å². The molecule has 0 fully saturated rings. The van der Waals surface area contributed by atoms with Crippen LogP contribution in [0.2, 0.25) is 0 Å². The molecule has 1 unspecified atom stereocenters. The molecule has 1 aromatic rings. The van der Waals surface area contributed by atoms with Crippen LogP contribution in [0.5, 0.6) is 0 Å². The number of benzene rings is 1. The average Bonchev–Trinajstić information content (AvgIpc) is 2.32. The summed E-state index contributed by atoms with van der Waals surface area (Å²) in [6, 6.07) is 5.29. The van der Waals surface area contributed by atoms with Crippen molar-refractivity contribution in [3.05, 3.63) is 33.8 Å². The van der Waals surface area contributed by atoms with Crippen LogP contribution in [-0.2, 0) is 4.79 Å². The minimum absolute atomic E-state index is 0.149. The summed E-state index contributed by atoms with van der Waals surface area (Å²) < 4.78 is 0.862. The first-order chi connectivity index (χ1) is 8.45. The second kappa shape index (κ2) is 6.54. The first kappa shape index (κ1) is 14.7. The van der Waals surface area contributed by atoms with Gasteiger partial charge in [-0.3, -0.25) is 9.59 Å². The summed E-state index contributed by atoms with van der Waals surface area (Å²) in [6.45, 7) is 3.87. The molecule has 4 nitrogen and oxygen atoms in total. The molecule has 18 heavy (non-hydrogen) atoms. The Balaban J connectivity index is 2.65. The molecular formula is C13H16BrNO3. The fourth-order valence-electron chi connectivity index (χ4n) is 1.46. The molecule has 0 heterocycles. The van der Waals surface area contributed by atoms with Crippen LogP contribution >= 0.6 is 15.9 Å². The van der Waals surface area contributed by atoms with E-state index >= 15 is 0 Å². The minimum Gasteiger partial charge on any atom is -0.481 e. The van der Waals surface area contributed by atoms with E-state index in [4.69, 9.17) is 5.11 Å². The van der Waals surface area contributed by atoms with Gasteiger partial charge in [0, 0.05) is 16.6 Å². The Hall–Kier alpha value is -1.36. The van der Waals surface area contributed by atoms with Crippen molar-refractivity contribution in [3.8, 4) is 0 Å². The number of aliphatic carboxylic acids is 1. The maximum absolute atomic E-state index is 11.8. The third-order valence-electron chi connectivity index (χ3n) is 2.79. The van der Waals surface area contributed by atoms with Gasteiger partial charge in [0.1, 0.15) is 0 Å². The van der Waals surface area contributed by atoms with Gasteiger partial charge in [0.25, 0.3) is 5.91 Å². The van der Waals surface area contributed by atoms with Gasteiger partial charge in [-0.1, -0.05) is 28.9 Å². The SMILES string of the molecule is CCC(CNC(=O)c1ccc(C)c(Br)c1)C(=O)O. The predicted molar refractivity (Wildman–Crippen MR) is 72.6 cm³/mol. The van der Waals surface area contributed by atoms with Crippen LogP contribution < -0.4 is 5.32 Å². The van der Waals surface area contributed by atoms with Gasteiger partial charge in [0.2, 0.25) is 0 Å². The highest BCUT2D eigenvalue weighted by Gasteiger charge is 2.16. The average molecular weight is 314 g/mol. The van der Waals surface area contributed by atoms with E-state index in [1.165, 1.54) is 0 Å². The Morgan fingerprint density at radius 1 is 1.44 bits per heavy atom. The summed E-state index contributed by atoms with van der Waals surface area (Å²) in [4.78, 5) is 22.6. The van der Waals surface area contributed by atoms with E-state index in [0.717, 1.165) is 10.0 Å². The first-order valence-electron chi connectivity index (χ1n) is 5.72. The van der Waals surface area contributed by atoms with Crippen LogP contribution in [0, 0.1) is 12.8 Å². The zero-order chi connectivity index (χ0) is 13.7. The van der Waals surface area contributed by atoms with Crippen molar-refractivity contribution in [1.82, 2.24) is 5.32 Å². The Morgan fingerprint density at radius 2 is 2.11 bits per heavy atom. The molecule has 0 aliphatic rings. The Bertz CT molecular complexity index is 460. The highest BCUT2D eigenvalue weighted by Crippen LogP contribution is 2.17. The molecule has 0 bridgehead atoms. The lowest BCUT2D eigenvalue weighted by atomic mass is 10.1. The second-order valence-corrected chi connectivity index (χ2v) is 4.97. The van der Waals surface area contributed by atoms with Crippen LogP contribution in [0.4, 0.5) is 0 Å². The lowest BCUT2D eigenvalue weighted by Crippen LogP contribution is -2.32. The van der Waals surface area contributed by atoms with Gasteiger partial charge in [-0.25, -0.2) is 0 Å². The molecule has 0 saturated heterocycles. The Labute approximate surface area is 115 Å². The zero-order valence-corrected chi connectivity index (χ0v) is 12.0. The van der Waals surface area contributed by atoms with Gasteiger partial charge in [-0.05, 0) is 31.0 Å². The number of hydrogen-bond donors (Lipinski definition) is 2. The Morgan fingerprint density at radius 3 is 2.61 bits per heavy atom. The number of hydrogen-bond acceptors (Lipinski definition) is 2. The number of amides is 1. The number of carbonyl (C=O) groups excluding carboxylic acids is 1. The quantitative estimate of drug-likeness (QED) is 0.878. The molecule has 1 rings (SSSR count). The molecule has 0 aromatic heterocycles. The summed E-state index contributed by atoms with van der Waals surface area (Å²) in [5.41, 5.74) is 1.57. The monoisotopic (exact) mass is 313 g/mol. The van der Waals surface area contributed by atoms with Gasteiger partial charge in [-0.2, -0.15) is 0 Å². The van der Waals surface area contributed by atoms with Crippen molar-refractivity contribution in [1.29, 1.82) is 0 Å². The maximum Gasteiger partial charge on any atom is 0.308 e. The van der Waals surface area contributed by atoms with Crippen molar-refractivity contribution in [2.45, 2.75) is 20.3 Å². The topological polar surface area (TPSA) is 66.4 Å². The van der Waals surface area contributed by atoms with Crippen molar-refractivity contribution >= 4 is 27.8 Å². The van der Waals surface area contributed by atoms with Crippen LogP contribution in [0.15, 0.2) is 22.7 Å². The molecule has 1 atom stereocenters. The number of carboxylic acids is 1. The van der Waals surface area contributed by atoms with Crippen LogP contribution in [0.3, 0.4) is 0 Å². The lowest BCUT2D eigenvalue weighted by molar-refractivity contribution is -0.141. The van der Waals surface area contributed by atoms with Crippen molar-refractivity contribution in [2.24, 2.45) is 5.92 Å². The molecule has 2 N–H and O–H groups in total. The number of carboxylic acid groups (broad SMARTS) is 1. The number of halogens is 1. The standard InChI is InChI=1S/C13H16BrNO3/c1-3-9(13(17)18)7-15-12(16)10-5-4-8(2)11(14)6-10/h4-6,9H,3,7H2,1-2H3,(H,15,16)(H,17,18). The summed E-state index contributed by atoms with van der Waals surface area (Å²) >= 11 is 3.36. The van der Waals surface area contributed by atoms with E-state index in [2.05, 4.69) is 21.2 Å². The smallest absolute Gasteiger partial charge is 0.308 e.